The Labute approximate surface area is 93.8 Å². The van der Waals surface area contributed by atoms with Crippen LogP contribution in [0.3, 0.4) is 0 Å². The van der Waals surface area contributed by atoms with Crippen molar-refractivity contribution in [1.29, 1.82) is 0 Å². The predicted octanol–water partition coefficient (Wildman–Crippen LogP) is 4.65. The van der Waals surface area contributed by atoms with Crippen molar-refractivity contribution < 1.29 is 0 Å². The minimum atomic E-state index is 0.381. The van der Waals surface area contributed by atoms with Crippen molar-refractivity contribution in [3.05, 3.63) is 35.5 Å². The van der Waals surface area contributed by atoms with Gasteiger partial charge in [0.15, 0.2) is 0 Å². The van der Waals surface area contributed by atoms with Crippen molar-refractivity contribution in [2.24, 2.45) is 11.3 Å². The maximum absolute atomic E-state index is 4.08. The Balaban J connectivity index is 2.38. The quantitative estimate of drug-likeness (QED) is 0.543. The van der Waals surface area contributed by atoms with Gasteiger partial charge in [-0.25, -0.2) is 0 Å². The zero-order chi connectivity index (χ0) is 11.1. The predicted molar refractivity (Wildman–Crippen MR) is 66.7 cm³/mol. The van der Waals surface area contributed by atoms with Gasteiger partial charge < -0.3 is 0 Å². The van der Waals surface area contributed by atoms with Crippen molar-refractivity contribution in [2.75, 3.05) is 0 Å². The molecule has 0 amide bonds. The molecule has 0 nitrogen and oxygen atoms in total. The lowest BCUT2D eigenvalue weighted by Crippen LogP contribution is -2.28. The lowest BCUT2D eigenvalue weighted by Gasteiger charge is -2.38. The van der Waals surface area contributed by atoms with Crippen molar-refractivity contribution in [3.63, 3.8) is 0 Å². The van der Waals surface area contributed by atoms with Crippen LogP contribution in [-0.4, -0.2) is 0 Å². The molecule has 2 aliphatic rings. The molecule has 0 fully saturated rings. The molecule has 0 N–H and O–H groups in total. The molecule has 0 saturated heterocycles. The van der Waals surface area contributed by atoms with E-state index in [0.717, 1.165) is 5.92 Å². The first-order chi connectivity index (χ1) is 7.06. The lowest BCUT2D eigenvalue weighted by molar-refractivity contribution is 0.265. The largest absolute Gasteiger partial charge is 0.0958 e. The van der Waals surface area contributed by atoms with E-state index < -0.39 is 0 Å². The summed E-state index contributed by atoms with van der Waals surface area (Å²) in [5.74, 6) is 0.805. The van der Waals surface area contributed by atoms with Gasteiger partial charge in [0.2, 0.25) is 0 Å². The number of rotatable bonds is 1. The van der Waals surface area contributed by atoms with Crippen LogP contribution in [0.1, 0.15) is 46.5 Å². The van der Waals surface area contributed by atoms with Gasteiger partial charge in [0.25, 0.3) is 0 Å². The van der Waals surface area contributed by atoms with E-state index in [0.29, 0.717) is 5.41 Å². The third kappa shape index (κ3) is 1.60. The van der Waals surface area contributed by atoms with Gasteiger partial charge in [-0.1, -0.05) is 36.8 Å². The smallest absolute Gasteiger partial charge is 0.0123 e. The summed E-state index contributed by atoms with van der Waals surface area (Å²) in [5.41, 5.74) is 4.73. The van der Waals surface area contributed by atoms with E-state index in [1.807, 2.05) is 0 Å². The average Bonchev–Trinajstić information content (AvgIpc) is 2.61. The molecular weight excluding hydrogens is 180 g/mol. The first kappa shape index (κ1) is 10.7. The average molecular weight is 202 g/mol. The highest BCUT2D eigenvalue weighted by molar-refractivity contribution is 5.39. The van der Waals surface area contributed by atoms with Crippen LogP contribution in [0.15, 0.2) is 35.5 Å². The zero-order valence-corrected chi connectivity index (χ0v) is 10.3. The third-order valence-electron chi connectivity index (χ3n) is 4.45. The van der Waals surface area contributed by atoms with Gasteiger partial charge in [-0.15, -0.1) is 0 Å². The van der Waals surface area contributed by atoms with Crippen molar-refractivity contribution >= 4 is 0 Å². The first-order valence-electron chi connectivity index (χ1n) is 6.11. The second-order valence-corrected chi connectivity index (χ2v) is 5.36. The van der Waals surface area contributed by atoms with Crippen LogP contribution in [0.2, 0.25) is 0 Å². The van der Waals surface area contributed by atoms with Gasteiger partial charge in [-0.05, 0) is 51.0 Å². The van der Waals surface area contributed by atoms with Gasteiger partial charge in [0, 0.05) is 5.41 Å². The van der Waals surface area contributed by atoms with Crippen LogP contribution in [0.4, 0.5) is 0 Å². The molecule has 0 unspecified atom stereocenters. The summed E-state index contributed by atoms with van der Waals surface area (Å²) in [6.45, 7) is 10.9. The van der Waals surface area contributed by atoms with Crippen LogP contribution in [0.5, 0.6) is 0 Å². The summed E-state index contributed by atoms with van der Waals surface area (Å²) >= 11 is 0. The van der Waals surface area contributed by atoms with E-state index in [1.165, 1.54) is 36.8 Å². The van der Waals surface area contributed by atoms with Gasteiger partial charge in [0.05, 0.1) is 0 Å². The molecule has 0 aromatic carbocycles. The minimum Gasteiger partial charge on any atom is -0.0958 e. The monoisotopic (exact) mass is 202 g/mol. The molecule has 2 atom stereocenters. The standard InChI is InChI=1S/C15H22/c1-11(2)14-8-9-15(10-14)12(3)6-5-7-13(15)4/h6,10,13H,1,5,7-9H2,2-4H3/t13-,15-/m0/s1. The molecule has 0 aromatic heterocycles. The van der Waals surface area contributed by atoms with E-state index in [9.17, 15) is 0 Å². The highest BCUT2D eigenvalue weighted by atomic mass is 14.4. The van der Waals surface area contributed by atoms with Crippen LogP contribution in [0, 0.1) is 11.3 Å². The fourth-order valence-electron chi connectivity index (χ4n) is 3.22. The summed E-state index contributed by atoms with van der Waals surface area (Å²) in [7, 11) is 0. The molecule has 15 heavy (non-hydrogen) atoms. The number of hydrogen-bond donors (Lipinski definition) is 0. The van der Waals surface area contributed by atoms with Crippen LogP contribution < -0.4 is 0 Å². The summed E-state index contributed by atoms with van der Waals surface area (Å²) in [6.07, 6.45) is 10.1. The Morgan fingerprint density at radius 2 is 2.27 bits per heavy atom. The Morgan fingerprint density at radius 1 is 1.53 bits per heavy atom. The second-order valence-electron chi connectivity index (χ2n) is 5.36. The molecule has 2 rings (SSSR count). The highest BCUT2D eigenvalue weighted by Gasteiger charge is 2.40. The molecule has 1 spiro atoms. The Morgan fingerprint density at radius 3 is 2.80 bits per heavy atom. The zero-order valence-electron chi connectivity index (χ0n) is 10.3. The maximum Gasteiger partial charge on any atom is 0.0123 e. The van der Waals surface area contributed by atoms with E-state index in [4.69, 9.17) is 0 Å². The van der Waals surface area contributed by atoms with Crippen LogP contribution >= 0.6 is 0 Å². The van der Waals surface area contributed by atoms with Crippen LogP contribution in [-0.2, 0) is 0 Å². The molecule has 0 heteroatoms. The minimum absolute atomic E-state index is 0.381. The molecule has 0 aliphatic heterocycles. The van der Waals surface area contributed by atoms with Gasteiger partial charge >= 0.3 is 0 Å². The number of allylic oxidation sites excluding steroid dienone is 5. The molecule has 0 radical (unpaired) electrons. The van der Waals surface area contributed by atoms with Crippen molar-refractivity contribution in [1.82, 2.24) is 0 Å². The third-order valence-corrected chi connectivity index (χ3v) is 4.45. The Hall–Kier alpha value is -0.780. The van der Waals surface area contributed by atoms with Crippen LogP contribution in [0.25, 0.3) is 0 Å². The highest BCUT2D eigenvalue weighted by Crippen LogP contribution is 2.52. The summed E-state index contributed by atoms with van der Waals surface area (Å²) in [5, 5.41) is 0. The van der Waals surface area contributed by atoms with E-state index in [1.54, 1.807) is 5.57 Å². The SMILES string of the molecule is C=C(C)C1=C[C@@]2(CC1)C(C)=CCC[C@@H]2C. The summed E-state index contributed by atoms with van der Waals surface area (Å²) in [6, 6.07) is 0. The lowest BCUT2D eigenvalue weighted by atomic mass is 9.66. The molecule has 0 aromatic rings. The van der Waals surface area contributed by atoms with E-state index >= 15 is 0 Å². The molecule has 2 aliphatic carbocycles. The normalized spacial score (nSPS) is 35.3. The molecule has 0 bridgehead atoms. The fourth-order valence-corrected chi connectivity index (χ4v) is 3.22. The second kappa shape index (κ2) is 3.66. The molecule has 0 heterocycles. The molecule has 82 valence electrons. The molecule has 0 saturated carbocycles. The summed E-state index contributed by atoms with van der Waals surface area (Å²) < 4.78 is 0. The number of hydrogen-bond acceptors (Lipinski definition) is 0. The van der Waals surface area contributed by atoms with Gasteiger partial charge in [-0.3, -0.25) is 0 Å². The van der Waals surface area contributed by atoms with E-state index in [2.05, 4.69) is 39.5 Å². The topological polar surface area (TPSA) is 0 Å². The first-order valence-corrected chi connectivity index (χ1v) is 6.11. The maximum atomic E-state index is 4.08. The molecular formula is C15H22. The Kier molecular flexibility index (Phi) is 2.62. The van der Waals surface area contributed by atoms with E-state index in [-0.39, 0.29) is 0 Å². The fraction of sp³-hybridized carbons (Fsp3) is 0.600. The van der Waals surface area contributed by atoms with Gasteiger partial charge in [-0.2, -0.15) is 0 Å². The van der Waals surface area contributed by atoms with Crippen molar-refractivity contribution in [3.8, 4) is 0 Å². The van der Waals surface area contributed by atoms with Gasteiger partial charge in [0.1, 0.15) is 0 Å². The Bertz CT molecular complexity index is 343. The van der Waals surface area contributed by atoms with Crippen molar-refractivity contribution in [2.45, 2.75) is 46.5 Å². The summed E-state index contributed by atoms with van der Waals surface area (Å²) in [4.78, 5) is 0.